The van der Waals surface area contributed by atoms with E-state index < -0.39 is 0 Å². The molecule has 1 saturated carbocycles. The van der Waals surface area contributed by atoms with E-state index in [1.54, 1.807) is 18.2 Å². The van der Waals surface area contributed by atoms with E-state index in [1.165, 1.54) is 5.56 Å². The van der Waals surface area contributed by atoms with Crippen molar-refractivity contribution < 1.29 is 19.1 Å². The summed E-state index contributed by atoms with van der Waals surface area (Å²) in [4.78, 5) is 24.9. The van der Waals surface area contributed by atoms with Crippen molar-refractivity contribution in [3.63, 3.8) is 0 Å². The quantitative estimate of drug-likeness (QED) is 0.843. The van der Waals surface area contributed by atoms with Gasteiger partial charge in [-0.2, -0.15) is 0 Å². The van der Waals surface area contributed by atoms with Crippen LogP contribution < -0.4 is 20.1 Å². The number of fused-ring (bicyclic) bond motifs is 1. The average Bonchev–Trinajstić information content (AvgIpc) is 3.32. The van der Waals surface area contributed by atoms with E-state index in [4.69, 9.17) is 9.47 Å². The minimum Gasteiger partial charge on any atom is -0.454 e. The molecule has 146 valence electrons. The zero-order chi connectivity index (χ0) is 19.9. The second kappa shape index (κ2) is 6.86. The fourth-order valence-electron chi connectivity index (χ4n) is 3.27. The normalized spacial score (nSPS) is 19.8. The summed E-state index contributed by atoms with van der Waals surface area (Å²) < 4.78 is 10.6. The number of hydrogen-bond acceptors (Lipinski definition) is 4. The van der Waals surface area contributed by atoms with Crippen LogP contribution in [0.5, 0.6) is 11.5 Å². The van der Waals surface area contributed by atoms with Crippen LogP contribution in [0.2, 0.25) is 0 Å². The highest BCUT2D eigenvalue weighted by molar-refractivity contribution is 6.03. The Bertz CT molecular complexity index is 915. The number of nitrogens with one attached hydrogen (secondary N) is 2. The van der Waals surface area contributed by atoms with Crippen molar-refractivity contribution in [1.82, 2.24) is 0 Å². The second-order valence-electron chi connectivity index (χ2n) is 8.32. The van der Waals surface area contributed by atoms with Gasteiger partial charge < -0.3 is 20.1 Å². The standard InChI is InChI=1S/C22H24N2O4/c1-22(2,3)13-4-6-14(7-5-13)23-20(25)16-11-17(16)21(26)24-15-8-9-18-19(10-15)28-12-27-18/h4-10,16-17H,11-12H2,1-3H3,(H,23,25)(H,24,26). The molecule has 2 aliphatic rings. The zero-order valence-electron chi connectivity index (χ0n) is 16.2. The maximum atomic E-state index is 12.4. The van der Waals surface area contributed by atoms with Gasteiger partial charge in [0.1, 0.15) is 0 Å². The molecule has 2 aromatic rings. The topological polar surface area (TPSA) is 76.7 Å². The Morgan fingerprint density at radius 1 is 0.857 bits per heavy atom. The number of anilines is 2. The van der Waals surface area contributed by atoms with E-state index in [-0.39, 0.29) is 35.9 Å². The summed E-state index contributed by atoms with van der Waals surface area (Å²) in [6, 6.07) is 13.1. The van der Waals surface area contributed by atoms with Crippen LogP contribution in [0.4, 0.5) is 11.4 Å². The third-order valence-electron chi connectivity index (χ3n) is 5.12. The lowest BCUT2D eigenvalue weighted by atomic mass is 9.87. The zero-order valence-corrected chi connectivity index (χ0v) is 16.2. The van der Waals surface area contributed by atoms with E-state index in [0.717, 1.165) is 5.69 Å². The van der Waals surface area contributed by atoms with E-state index in [9.17, 15) is 9.59 Å². The lowest BCUT2D eigenvalue weighted by molar-refractivity contribution is -0.122. The smallest absolute Gasteiger partial charge is 0.231 e. The summed E-state index contributed by atoms with van der Waals surface area (Å²) in [5.74, 6) is 0.410. The van der Waals surface area contributed by atoms with Crippen molar-refractivity contribution in [2.24, 2.45) is 11.8 Å². The molecule has 2 amide bonds. The monoisotopic (exact) mass is 380 g/mol. The Labute approximate surface area is 164 Å². The highest BCUT2D eigenvalue weighted by Gasteiger charge is 2.48. The molecule has 2 aromatic carbocycles. The van der Waals surface area contributed by atoms with Gasteiger partial charge in [-0.1, -0.05) is 32.9 Å². The Kier molecular flexibility index (Phi) is 4.49. The molecule has 1 aliphatic heterocycles. The molecule has 2 unspecified atom stereocenters. The Balaban J connectivity index is 1.32. The molecular weight excluding hydrogens is 356 g/mol. The first-order chi connectivity index (χ1) is 13.3. The van der Waals surface area contributed by atoms with Crippen LogP contribution in [0.15, 0.2) is 42.5 Å². The summed E-state index contributed by atoms with van der Waals surface area (Å²) in [6.45, 7) is 6.63. The Hall–Kier alpha value is -3.02. The van der Waals surface area contributed by atoms with Crippen molar-refractivity contribution in [1.29, 1.82) is 0 Å². The number of amides is 2. The van der Waals surface area contributed by atoms with Crippen LogP contribution in [0, 0.1) is 11.8 Å². The fourth-order valence-corrected chi connectivity index (χ4v) is 3.27. The molecule has 2 N–H and O–H groups in total. The number of ether oxygens (including phenoxy) is 2. The van der Waals surface area contributed by atoms with Gasteiger partial charge in [-0.05, 0) is 41.7 Å². The molecule has 1 aliphatic carbocycles. The predicted octanol–water partition coefficient (Wildman–Crippen LogP) is 3.93. The molecule has 4 rings (SSSR count). The number of carbonyl (C=O) groups excluding carboxylic acids is 2. The van der Waals surface area contributed by atoms with Gasteiger partial charge in [-0.15, -0.1) is 0 Å². The third-order valence-corrected chi connectivity index (χ3v) is 5.12. The first kappa shape index (κ1) is 18.3. The van der Waals surface area contributed by atoms with Gasteiger partial charge >= 0.3 is 0 Å². The molecule has 28 heavy (non-hydrogen) atoms. The van der Waals surface area contributed by atoms with Crippen molar-refractivity contribution in [2.45, 2.75) is 32.6 Å². The van der Waals surface area contributed by atoms with Gasteiger partial charge in [0.25, 0.3) is 0 Å². The number of hydrogen-bond donors (Lipinski definition) is 2. The van der Waals surface area contributed by atoms with Crippen LogP contribution >= 0.6 is 0 Å². The van der Waals surface area contributed by atoms with Gasteiger partial charge in [0.05, 0.1) is 11.8 Å². The van der Waals surface area contributed by atoms with Crippen molar-refractivity contribution in [3.05, 3.63) is 48.0 Å². The number of carbonyl (C=O) groups is 2. The van der Waals surface area contributed by atoms with Crippen LogP contribution in [0.25, 0.3) is 0 Å². The fraction of sp³-hybridized carbons (Fsp3) is 0.364. The summed E-state index contributed by atoms with van der Waals surface area (Å²) in [5.41, 5.74) is 2.66. The maximum absolute atomic E-state index is 12.4. The molecule has 0 aromatic heterocycles. The molecule has 1 fully saturated rings. The van der Waals surface area contributed by atoms with Crippen LogP contribution in [0.1, 0.15) is 32.8 Å². The molecule has 6 nitrogen and oxygen atoms in total. The SMILES string of the molecule is CC(C)(C)c1ccc(NC(=O)C2CC2C(=O)Nc2ccc3c(c2)OCO3)cc1. The molecular formula is C22H24N2O4. The van der Waals surface area contributed by atoms with Crippen molar-refractivity contribution >= 4 is 23.2 Å². The summed E-state index contributed by atoms with van der Waals surface area (Å²) in [5, 5.41) is 5.76. The van der Waals surface area contributed by atoms with E-state index in [0.29, 0.717) is 23.6 Å². The molecule has 0 bridgehead atoms. The summed E-state index contributed by atoms with van der Waals surface area (Å²) in [6.07, 6.45) is 0.558. The van der Waals surface area contributed by atoms with Gasteiger partial charge in [0, 0.05) is 17.4 Å². The van der Waals surface area contributed by atoms with E-state index in [1.807, 2.05) is 24.3 Å². The molecule has 6 heteroatoms. The molecule has 0 saturated heterocycles. The van der Waals surface area contributed by atoms with E-state index in [2.05, 4.69) is 31.4 Å². The van der Waals surface area contributed by atoms with Crippen molar-refractivity contribution in [3.8, 4) is 11.5 Å². The Morgan fingerprint density at radius 2 is 1.43 bits per heavy atom. The Morgan fingerprint density at radius 3 is 2.07 bits per heavy atom. The molecule has 0 radical (unpaired) electrons. The lowest BCUT2D eigenvalue weighted by Crippen LogP contribution is -2.20. The van der Waals surface area contributed by atoms with Crippen LogP contribution in [-0.2, 0) is 15.0 Å². The molecule has 2 atom stereocenters. The number of rotatable bonds is 4. The summed E-state index contributed by atoms with van der Waals surface area (Å²) in [7, 11) is 0. The first-order valence-corrected chi connectivity index (χ1v) is 9.43. The van der Waals surface area contributed by atoms with E-state index >= 15 is 0 Å². The third kappa shape index (κ3) is 3.81. The van der Waals surface area contributed by atoms with Gasteiger partial charge in [-0.25, -0.2) is 0 Å². The summed E-state index contributed by atoms with van der Waals surface area (Å²) >= 11 is 0. The van der Waals surface area contributed by atoms with Gasteiger partial charge in [-0.3, -0.25) is 9.59 Å². The molecule has 0 spiro atoms. The average molecular weight is 380 g/mol. The van der Waals surface area contributed by atoms with Crippen molar-refractivity contribution in [2.75, 3.05) is 17.4 Å². The largest absolute Gasteiger partial charge is 0.454 e. The van der Waals surface area contributed by atoms with Crippen LogP contribution in [-0.4, -0.2) is 18.6 Å². The minimum atomic E-state index is -0.306. The minimum absolute atomic E-state index is 0.0664. The highest BCUT2D eigenvalue weighted by atomic mass is 16.7. The van der Waals surface area contributed by atoms with Crippen LogP contribution in [0.3, 0.4) is 0 Å². The second-order valence-corrected chi connectivity index (χ2v) is 8.32. The number of benzene rings is 2. The lowest BCUT2D eigenvalue weighted by Gasteiger charge is -2.19. The molecule has 1 heterocycles. The first-order valence-electron chi connectivity index (χ1n) is 9.43. The van der Waals surface area contributed by atoms with Gasteiger partial charge in [0.15, 0.2) is 11.5 Å². The predicted molar refractivity (Wildman–Crippen MR) is 107 cm³/mol. The highest BCUT2D eigenvalue weighted by Crippen LogP contribution is 2.41. The maximum Gasteiger partial charge on any atom is 0.231 e. The van der Waals surface area contributed by atoms with Gasteiger partial charge in [0.2, 0.25) is 18.6 Å².